The summed E-state index contributed by atoms with van der Waals surface area (Å²) < 4.78 is 4.94. The molecule has 6 rings (SSSR count). The first-order valence-corrected chi connectivity index (χ1v) is 11.0. The topological polar surface area (TPSA) is 8.29 Å². The quantitative estimate of drug-likeness (QED) is 0.256. The van der Waals surface area contributed by atoms with E-state index in [1.54, 1.807) is 0 Å². The molecule has 0 radical (unpaired) electrons. The van der Waals surface area contributed by atoms with E-state index in [4.69, 9.17) is 0 Å². The fourth-order valence-electron chi connectivity index (χ4n) is 5.37. The SMILES string of the molecule is Cc1n2c3ccccc3c3ccccc3c3ccccc3c3cccc(c32)[n+]1C(C)C. The number of benzene rings is 4. The second-order valence-corrected chi connectivity index (χ2v) is 8.63. The third-order valence-corrected chi connectivity index (χ3v) is 6.56. The monoisotopic (exact) mass is 401 g/mol. The Morgan fingerprint density at radius 3 is 1.68 bits per heavy atom. The van der Waals surface area contributed by atoms with Crippen LogP contribution in [0.4, 0.5) is 0 Å². The minimum absolute atomic E-state index is 0.372. The molecule has 0 saturated carbocycles. The van der Waals surface area contributed by atoms with E-state index in [1.165, 1.54) is 54.7 Å². The van der Waals surface area contributed by atoms with Crippen molar-refractivity contribution < 1.29 is 4.57 Å². The number of rotatable bonds is 1. The lowest BCUT2D eigenvalue weighted by molar-refractivity contribution is -0.697. The van der Waals surface area contributed by atoms with E-state index in [0.717, 1.165) is 0 Å². The highest BCUT2D eigenvalue weighted by Gasteiger charge is 2.24. The summed E-state index contributed by atoms with van der Waals surface area (Å²) in [6, 6.07) is 33.6. The molecule has 0 fully saturated rings. The molecule has 31 heavy (non-hydrogen) atoms. The number of imidazole rings is 1. The summed E-state index contributed by atoms with van der Waals surface area (Å²) in [4.78, 5) is 0. The summed E-state index contributed by atoms with van der Waals surface area (Å²) in [6.45, 7) is 6.78. The molecule has 0 aliphatic carbocycles. The Kier molecular flexibility index (Phi) is 3.91. The van der Waals surface area contributed by atoms with Crippen molar-refractivity contribution in [1.29, 1.82) is 0 Å². The molecule has 4 aromatic carbocycles. The third kappa shape index (κ3) is 2.48. The molecule has 2 aromatic heterocycles. The van der Waals surface area contributed by atoms with Crippen molar-refractivity contribution in [2.75, 3.05) is 0 Å². The number of aryl methyl sites for hydroxylation is 1. The summed E-state index contributed by atoms with van der Waals surface area (Å²) in [5, 5.41) is 7.66. The van der Waals surface area contributed by atoms with Crippen molar-refractivity contribution in [3.8, 4) is 0 Å². The van der Waals surface area contributed by atoms with Gasteiger partial charge in [-0.1, -0.05) is 72.8 Å². The van der Waals surface area contributed by atoms with E-state index in [9.17, 15) is 0 Å². The molecule has 2 heteroatoms. The Hall–Kier alpha value is -3.65. The van der Waals surface area contributed by atoms with Crippen LogP contribution < -0.4 is 4.57 Å². The number of nitrogens with zero attached hydrogens (tertiary/aromatic N) is 2. The predicted octanol–water partition coefficient (Wildman–Crippen LogP) is 7.29. The number of para-hydroxylation sites is 2. The summed E-state index contributed by atoms with van der Waals surface area (Å²) in [5.74, 6) is 1.25. The smallest absolute Gasteiger partial charge is 0.225 e. The number of hydrogen-bond donors (Lipinski definition) is 0. The van der Waals surface area contributed by atoms with Gasteiger partial charge < -0.3 is 0 Å². The van der Waals surface area contributed by atoms with Gasteiger partial charge in [-0.3, -0.25) is 0 Å². The lowest BCUT2D eigenvalue weighted by Gasteiger charge is -2.04. The van der Waals surface area contributed by atoms with E-state index in [1.807, 2.05) is 0 Å². The second kappa shape index (κ2) is 6.68. The van der Waals surface area contributed by atoms with Gasteiger partial charge in [-0.05, 0) is 53.6 Å². The molecule has 2 heterocycles. The van der Waals surface area contributed by atoms with Crippen LogP contribution in [-0.2, 0) is 0 Å². The summed E-state index contributed by atoms with van der Waals surface area (Å²) >= 11 is 0. The molecule has 150 valence electrons. The molecule has 2 nitrogen and oxygen atoms in total. The predicted molar refractivity (Wildman–Crippen MR) is 132 cm³/mol. The highest BCUT2D eigenvalue weighted by atomic mass is 15.1. The van der Waals surface area contributed by atoms with Crippen LogP contribution >= 0.6 is 0 Å². The first-order valence-electron chi connectivity index (χ1n) is 11.0. The lowest BCUT2D eigenvalue weighted by atomic mass is 10.0. The van der Waals surface area contributed by atoms with Gasteiger partial charge in [0, 0.05) is 17.7 Å². The molecule has 0 bridgehead atoms. The van der Waals surface area contributed by atoms with Gasteiger partial charge in [0.2, 0.25) is 0 Å². The Morgan fingerprint density at radius 2 is 1.06 bits per heavy atom. The number of fused-ring (bicyclic) bond motifs is 7. The third-order valence-electron chi connectivity index (χ3n) is 6.56. The van der Waals surface area contributed by atoms with E-state index in [2.05, 4.69) is 121 Å². The van der Waals surface area contributed by atoms with Gasteiger partial charge in [-0.2, -0.15) is 4.40 Å². The van der Waals surface area contributed by atoms with Crippen LogP contribution in [0.15, 0.2) is 91.0 Å². The van der Waals surface area contributed by atoms with E-state index >= 15 is 0 Å². The van der Waals surface area contributed by atoms with Gasteiger partial charge in [0.25, 0.3) is 5.82 Å². The van der Waals surface area contributed by atoms with Crippen molar-refractivity contribution in [2.24, 2.45) is 0 Å². The zero-order valence-electron chi connectivity index (χ0n) is 18.1. The molecule has 0 unspecified atom stereocenters. The molecule has 0 N–H and O–H groups in total. The average Bonchev–Trinajstić information content (AvgIpc) is 3.12. The van der Waals surface area contributed by atoms with Gasteiger partial charge >= 0.3 is 0 Å². The van der Waals surface area contributed by atoms with E-state index in [0.29, 0.717) is 6.04 Å². The van der Waals surface area contributed by atoms with Crippen LogP contribution in [0.25, 0.3) is 48.9 Å². The average molecular weight is 402 g/mol. The molecular formula is C29H25N2+. The Balaban J connectivity index is 2.14. The summed E-state index contributed by atoms with van der Waals surface area (Å²) in [5.41, 5.74) is 3.79. The molecule has 0 spiro atoms. The zero-order valence-corrected chi connectivity index (χ0v) is 18.1. The van der Waals surface area contributed by atoms with E-state index in [-0.39, 0.29) is 0 Å². The molecule has 0 aliphatic heterocycles. The van der Waals surface area contributed by atoms with Gasteiger partial charge in [-0.15, -0.1) is 0 Å². The minimum Gasteiger partial charge on any atom is -0.225 e. The number of aromatic nitrogens is 2. The molecular weight excluding hydrogens is 376 g/mol. The van der Waals surface area contributed by atoms with E-state index < -0.39 is 0 Å². The molecule has 6 aromatic rings. The van der Waals surface area contributed by atoms with Crippen molar-refractivity contribution in [1.82, 2.24) is 4.40 Å². The van der Waals surface area contributed by atoms with Crippen molar-refractivity contribution in [3.63, 3.8) is 0 Å². The summed E-state index contributed by atoms with van der Waals surface area (Å²) in [6.07, 6.45) is 0. The van der Waals surface area contributed by atoms with Gasteiger partial charge in [-0.25, -0.2) is 4.57 Å². The van der Waals surface area contributed by atoms with Crippen molar-refractivity contribution in [2.45, 2.75) is 26.8 Å². The van der Waals surface area contributed by atoms with Crippen LogP contribution in [0.5, 0.6) is 0 Å². The molecule has 0 saturated heterocycles. The van der Waals surface area contributed by atoms with Gasteiger partial charge in [0.05, 0.1) is 6.04 Å². The Morgan fingerprint density at radius 1 is 0.581 bits per heavy atom. The normalized spacial score (nSPS) is 12.0. The number of hydrogen-bond acceptors (Lipinski definition) is 0. The second-order valence-electron chi connectivity index (χ2n) is 8.63. The zero-order chi connectivity index (χ0) is 21.1. The van der Waals surface area contributed by atoms with Crippen LogP contribution in [0.1, 0.15) is 25.7 Å². The maximum atomic E-state index is 2.47. The van der Waals surface area contributed by atoms with Crippen LogP contribution in [0.2, 0.25) is 0 Å². The highest BCUT2D eigenvalue weighted by molar-refractivity contribution is 6.20. The highest BCUT2D eigenvalue weighted by Crippen LogP contribution is 2.34. The minimum atomic E-state index is 0.372. The van der Waals surface area contributed by atoms with Crippen LogP contribution in [-0.4, -0.2) is 4.40 Å². The maximum absolute atomic E-state index is 2.47. The fraction of sp³-hybridized carbons (Fsp3) is 0.138. The molecule has 0 atom stereocenters. The lowest BCUT2D eigenvalue weighted by Crippen LogP contribution is -2.38. The van der Waals surface area contributed by atoms with Crippen LogP contribution in [0.3, 0.4) is 0 Å². The van der Waals surface area contributed by atoms with Crippen molar-refractivity contribution in [3.05, 3.63) is 96.8 Å². The Bertz CT molecular complexity index is 1670. The maximum Gasteiger partial charge on any atom is 0.259 e. The molecule has 0 aliphatic rings. The van der Waals surface area contributed by atoms with Gasteiger partial charge in [0.15, 0.2) is 11.0 Å². The first-order chi connectivity index (χ1) is 15.2. The Labute approximate surface area is 181 Å². The summed E-state index contributed by atoms with van der Waals surface area (Å²) in [7, 11) is 0. The fourth-order valence-corrected chi connectivity index (χ4v) is 5.37. The standard InChI is InChI=1S/C29H25N2/c1-19(2)30-20(3)31-27-17-9-8-15-25(27)23-13-6-4-11-21(23)22-12-5-7-14-24(22)26-16-10-18-28(30)29(26)31/h4-19H,1-3H3/q+1. The van der Waals surface area contributed by atoms with Crippen LogP contribution in [0, 0.1) is 6.92 Å². The first kappa shape index (κ1) is 18.1. The largest absolute Gasteiger partial charge is 0.259 e. The molecule has 0 amide bonds. The van der Waals surface area contributed by atoms with Crippen molar-refractivity contribution >= 4 is 48.9 Å². The van der Waals surface area contributed by atoms with Gasteiger partial charge in [0.1, 0.15) is 5.52 Å².